The highest BCUT2D eigenvalue weighted by Gasteiger charge is 2.13. The fourth-order valence-corrected chi connectivity index (χ4v) is 2.39. The number of nitrogens with one attached hydrogen (secondary N) is 1. The molecule has 1 N–H and O–H groups in total. The Morgan fingerprint density at radius 2 is 1.95 bits per heavy atom. The molecule has 116 valence electrons. The smallest absolute Gasteiger partial charge is 0.316 e. The largest absolute Gasteiger partial charge is 0.455 e. The van der Waals surface area contributed by atoms with Crippen molar-refractivity contribution in [3.05, 3.63) is 29.3 Å². The van der Waals surface area contributed by atoms with E-state index >= 15 is 0 Å². The van der Waals surface area contributed by atoms with Gasteiger partial charge in [0.25, 0.3) is 5.91 Å². The first-order chi connectivity index (χ1) is 9.90. The predicted molar refractivity (Wildman–Crippen MR) is 85.6 cm³/mol. The van der Waals surface area contributed by atoms with E-state index in [1.807, 2.05) is 39.0 Å². The number of hydrogen-bond donors (Lipinski definition) is 1. The van der Waals surface area contributed by atoms with Crippen LogP contribution in [0.3, 0.4) is 0 Å². The van der Waals surface area contributed by atoms with Gasteiger partial charge in [-0.1, -0.05) is 37.6 Å². The van der Waals surface area contributed by atoms with Crippen LogP contribution in [-0.4, -0.2) is 30.3 Å². The van der Waals surface area contributed by atoms with Crippen LogP contribution in [0.1, 0.15) is 20.8 Å². The van der Waals surface area contributed by atoms with Crippen molar-refractivity contribution in [2.24, 2.45) is 5.92 Å². The fourth-order valence-electron chi connectivity index (χ4n) is 1.35. The first-order valence-electron chi connectivity index (χ1n) is 6.72. The topological polar surface area (TPSA) is 55.4 Å². The molecule has 0 aliphatic carbocycles. The zero-order valence-corrected chi connectivity index (χ0v) is 14.0. The summed E-state index contributed by atoms with van der Waals surface area (Å²) in [5, 5.41) is 3.37. The van der Waals surface area contributed by atoms with Crippen LogP contribution in [0.15, 0.2) is 29.2 Å². The Hall–Kier alpha value is -1.20. The van der Waals surface area contributed by atoms with Gasteiger partial charge < -0.3 is 10.1 Å². The minimum absolute atomic E-state index is 0.0497. The molecular formula is C15H20ClNO3S. The van der Waals surface area contributed by atoms with E-state index in [4.69, 9.17) is 16.3 Å². The number of halogens is 1. The van der Waals surface area contributed by atoms with Gasteiger partial charge in [-0.05, 0) is 25.0 Å². The highest BCUT2D eigenvalue weighted by molar-refractivity contribution is 8.00. The van der Waals surface area contributed by atoms with E-state index in [0.29, 0.717) is 10.9 Å². The van der Waals surface area contributed by atoms with Crippen LogP contribution in [0.5, 0.6) is 0 Å². The molecular weight excluding hydrogens is 310 g/mol. The van der Waals surface area contributed by atoms with Gasteiger partial charge in [0.2, 0.25) is 0 Å². The van der Waals surface area contributed by atoms with E-state index in [9.17, 15) is 9.59 Å². The molecule has 4 nitrogen and oxygen atoms in total. The lowest BCUT2D eigenvalue weighted by Gasteiger charge is -2.17. The molecule has 0 aromatic heterocycles. The maximum atomic E-state index is 11.6. The first-order valence-corrected chi connectivity index (χ1v) is 8.08. The highest BCUT2D eigenvalue weighted by Crippen LogP contribution is 2.26. The SMILES string of the molecule is CC(C)C(C)NC(=O)COC(=O)CSc1ccccc1Cl. The number of hydrogen-bond acceptors (Lipinski definition) is 4. The molecule has 1 aromatic rings. The lowest BCUT2D eigenvalue weighted by molar-refractivity contribution is -0.146. The van der Waals surface area contributed by atoms with Crippen LogP contribution < -0.4 is 5.32 Å². The lowest BCUT2D eigenvalue weighted by Crippen LogP contribution is -2.38. The maximum Gasteiger partial charge on any atom is 0.316 e. The van der Waals surface area contributed by atoms with Gasteiger partial charge in [-0.25, -0.2) is 0 Å². The van der Waals surface area contributed by atoms with Gasteiger partial charge in [0, 0.05) is 10.9 Å². The summed E-state index contributed by atoms with van der Waals surface area (Å²) in [6.07, 6.45) is 0. The van der Waals surface area contributed by atoms with E-state index in [0.717, 1.165) is 4.90 Å². The molecule has 0 spiro atoms. The van der Waals surface area contributed by atoms with E-state index in [1.165, 1.54) is 11.8 Å². The van der Waals surface area contributed by atoms with Crippen molar-refractivity contribution >= 4 is 35.2 Å². The van der Waals surface area contributed by atoms with Crippen molar-refractivity contribution in [2.75, 3.05) is 12.4 Å². The van der Waals surface area contributed by atoms with Gasteiger partial charge in [-0.3, -0.25) is 9.59 Å². The van der Waals surface area contributed by atoms with Crippen LogP contribution in [0.4, 0.5) is 0 Å². The lowest BCUT2D eigenvalue weighted by atomic mass is 10.1. The molecule has 1 rings (SSSR count). The zero-order chi connectivity index (χ0) is 15.8. The number of benzene rings is 1. The molecule has 0 heterocycles. The van der Waals surface area contributed by atoms with Crippen molar-refractivity contribution in [3.8, 4) is 0 Å². The number of rotatable bonds is 7. The third-order valence-corrected chi connectivity index (χ3v) is 4.42. The molecule has 1 atom stereocenters. The third-order valence-electron chi connectivity index (χ3n) is 2.94. The van der Waals surface area contributed by atoms with Crippen molar-refractivity contribution < 1.29 is 14.3 Å². The number of amides is 1. The van der Waals surface area contributed by atoms with Crippen LogP contribution in [0.25, 0.3) is 0 Å². The second kappa shape index (κ2) is 8.95. The Morgan fingerprint density at radius 3 is 2.57 bits per heavy atom. The number of carbonyl (C=O) groups excluding carboxylic acids is 2. The number of ether oxygens (including phenoxy) is 1. The monoisotopic (exact) mass is 329 g/mol. The van der Waals surface area contributed by atoms with Crippen molar-refractivity contribution in [1.82, 2.24) is 5.32 Å². The average molecular weight is 330 g/mol. The number of carbonyl (C=O) groups is 2. The number of esters is 1. The summed E-state index contributed by atoms with van der Waals surface area (Å²) in [4.78, 5) is 24.0. The molecule has 6 heteroatoms. The summed E-state index contributed by atoms with van der Waals surface area (Å²) in [6, 6.07) is 7.31. The quantitative estimate of drug-likeness (QED) is 0.617. The minimum Gasteiger partial charge on any atom is -0.455 e. The van der Waals surface area contributed by atoms with E-state index in [2.05, 4.69) is 5.32 Å². The minimum atomic E-state index is -0.438. The van der Waals surface area contributed by atoms with Crippen molar-refractivity contribution in [3.63, 3.8) is 0 Å². The summed E-state index contributed by atoms with van der Waals surface area (Å²) < 4.78 is 4.93. The predicted octanol–water partition coefficient (Wildman–Crippen LogP) is 3.14. The molecule has 0 radical (unpaired) electrons. The van der Waals surface area contributed by atoms with Crippen LogP contribution in [-0.2, 0) is 14.3 Å². The van der Waals surface area contributed by atoms with E-state index in [-0.39, 0.29) is 24.3 Å². The van der Waals surface area contributed by atoms with Gasteiger partial charge in [-0.15, -0.1) is 11.8 Å². The first kappa shape index (κ1) is 17.9. The summed E-state index contributed by atoms with van der Waals surface area (Å²) >= 11 is 7.27. The zero-order valence-electron chi connectivity index (χ0n) is 12.4. The summed E-state index contributed by atoms with van der Waals surface area (Å²) in [7, 11) is 0. The standard InChI is InChI=1S/C15H20ClNO3S/c1-10(2)11(3)17-14(18)8-20-15(19)9-21-13-7-5-4-6-12(13)16/h4-7,10-11H,8-9H2,1-3H3,(H,17,18). The number of thioether (sulfide) groups is 1. The van der Waals surface area contributed by atoms with Crippen LogP contribution >= 0.6 is 23.4 Å². The molecule has 0 aliphatic heterocycles. The second-order valence-electron chi connectivity index (χ2n) is 4.98. The molecule has 0 fully saturated rings. The molecule has 1 amide bonds. The fraction of sp³-hybridized carbons (Fsp3) is 0.467. The Labute approximate surface area is 134 Å². The third kappa shape index (κ3) is 6.87. The van der Waals surface area contributed by atoms with Crippen molar-refractivity contribution in [2.45, 2.75) is 31.7 Å². The summed E-state index contributed by atoms with van der Waals surface area (Å²) in [5.41, 5.74) is 0. The highest BCUT2D eigenvalue weighted by atomic mass is 35.5. The van der Waals surface area contributed by atoms with Crippen molar-refractivity contribution in [1.29, 1.82) is 0 Å². The van der Waals surface area contributed by atoms with Crippen LogP contribution in [0.2, 0.25) is 5.02 Å². The van der Waals surface area contributed by atoms with Gasteiger partial charge in [0.15, 0.2) is 6.61 Å². The summed E-state index contributed by atoms with van der Waals surface area (Å²) in [5.74, 6) is -0.267. The van der Waals surface area contributed by atoms with Gasteiger partial charge in [0.05, 0.1) is 10.8 Å². The molecule has 0 bridgehead atoms. The molecule has 21 heavy (non-hydrogen) atoms. The molecule has 0 saturated heterocycles. The normalized spacial score (nSPS) is 12.0. The molecule has 1 unspecified atom stereocenters. The van der Waals surface area contributed by atoms with Gasteiger partial charge in [-0.2, -0.15) is 0 Å². The Morgan fingerprint density at radius 1 is 1.29 bits per heavy atom. The Kier molecular flexibility index (Phi) is 7.61. The van der Waals surface area contributed by atoms with Gasteiger partial charge >= 0.3 is 5.97 Å². The van der Waals surface area contributed by atoms with E-state index < -0.39 is 5.97 Å². The molecule has 1 aromatic carbocycles. The molecule has 0 aliphatic rings. The van der Waals surface area contributed by atoms with E-state index in [1.54, 1.807) is 6.07 Å². The summed E-state index contributed by atoms with van der Waals surface area (Å²) in [6.45, 7) is 5.69. The maximum absolute atomic E-state index is 11.6. The second-order valence-corrected chi connectivity index (χ2v) is 6.40. The van der Waals surface area contributed by atoms with Gasteiger partial charge in [0.1, 0.15) is 0 Å². The average Bonchev–Trinajstić information content (AvgIpc) is 2.44. The van der Waals surface area contributed by atoms with Crippen LogP contribution in [0, 0.1) is 5.92 Å². The Balaban J connectivity index is 2.28. The molecule has 0 saturated carbocycles. The Bertz CT molecular complexity index is 494.